The van der Waals surface area contributed by atoms with Gasteiger partial charge in [0.25, 0.3) is 0 Å². The number of piperidine rings is 1. The zero-order chi connectivity index (χ0) is 21.1. The van der Waals surface area contributed by atoms with Crippen molar-refractivity contribution in [3.05, 3.63) is 29.3 Å². The highest BCUT2D eigenvalue weighted by molar-refractivity contribution is 6.33. The van der Waals surface area contributed by atoms with Crippen molar-refractivity contribution in [3.8, 4) is 0 Å². The van der Waals surface area contributed by atoms with Gasteiger partial charge in [-0.05, 0) is 31.4 Å². The second kappa shape index (κ2) is 9.35. The number of carbonyl (C=O) groups is 3. The molecule has 7 nitrogen and oxygen atoms in total. The van der Waals surface area contributed by atoms with Crippen molar-refractivity contribution >= 4 is 35.0 Å². The highest BCUT2D eigenvalue weighted by Gasteiger charge is 2.38. The lowest BCUT2D eigenvalue weighted by Gasteiger charge is -2.37. The summed E-state index contributed by atoms with van der Waals surface area (Å²) in [7, 11) is 0. The normalized spacial score (nSPS) is 23.2. The second-order valence-electron chi connectivity index (χ2n) is 8.40. The minimum Gasteiger partial charge on any atom is -0.342 e. The first kappa shape index (κ1) is 21.1. The molecule has 1 aromatic carbocycles. The lowest BCUT2D eigenvalue weighted by atomic mass is 10.1. The molecule has 0 saturated carbocycles. The number of rotatable bonds is 4. The average Bonchev–Trinajstić information content (AvgIpc) is 3.16. The molecule has 162 valence electrons. The third-order valence-corrected chi connectivity index (χ3v) is 6.69. The molecule has 0 aromatic heterocycles. The summed E-state index contributed by atoms with van der Waals surface area (Å²) in [5.41, 5.74) is 0.667. The monoisotopic (exact) mass is 432 g/mol. The smallest absolute Gasteiger partial charge is 0.236 e. The van der Waals surface area contributed by atoms with Gasteiger partial charge in [-0.2, -0.15) is 0 Å². The van der Waals surface area contributed by atoms with Crippen molar-refractivity contribution in [3.63, 3.8) is 0 Å². The molecule has 0 radical (unpaired) electrons. The number of carbonyl (C=O) groups excluding carboxylic acids is 3. The molecular formula is C22H29ClN4O3. The highest BCUT2D eigenvalue weighted by atomic mass is 35.5. The van der Waals surface area contributed by atoms with E-state index in [9.17, 15) is 14.4 Å². The van der Waals surface area contributed by atoms with Gasteiger partial charge >= 0.3 is 0 Å². The zero-order valence-corrected chi connectivity index (χ0v) is 18.0. The van der Waals surface area contributed by atoms with E-state index in [1.54, 1.807) is 11.0 Å². The number of likely N-dealkylation sites (tertiary alicyclic amines) is 1. The molecule has 3 aliphatic heterocycles. The number of benzene rings is 1. The Balaban J connectivity index is 1.28. The summed E-state index contributed by atoms with van der Waals surface area (Å²) in [6, 6.07) is 7.23. The lowest BCUT2D eigenvalue weighted by Crippen LogP contribution is -2.53. The Morgan fingerprint density at radius 1 is 0.933 bits per heavy atom. The van der Waals surface area contributed by atoms with E-state index in [1.807, 2.05) is 28.0 Å². The summed E-state index contributed by atoms with van der Waals surface area (Å²) in [4.78, 5) is 45.5. The van der Waals surface area contributed by atoms with Crippen LogP contribution in [0.2, 0.25) is 5.02 Å². The maximum Gasteiger partial charge on any atom is 0.236 e. The first-order valence-corrected chi connectivity index (χ1v) is 11.2. The molecule has 8 heteroatoms. The predicted molar refractivity (Wildman–Crippen MR) is 115 cm³/mol. The van der Waals surface area contributed by atoms with Crippen LogP contribution >= 0.6 is 11.6 Å². The van der Waals surface area contributed by atoms with Crippen LogP contribution in [0, 0.1) is 5.92 Å². The largest absolute Gasteiger partial charge is 0.342 e. The minimum absolute atomic E-state index is 0.0277. The van der Waals surface area contributed by atoms with E-state index in [-0.39, 0.29) is 30.1 Å². The van der Waals surface area contributed by atoms with Crippen molar-refractivity contribution in [2.24, 2.45) is 5.92 Å². The summed E-state index contributed by atoms with van der Waals surface area (Å²) in [6.07, 6.45) is 3.62. The molecule has 0 spiro atoms. The maximum absolute atomic E-state index is 13.0. The summed E-state index contributed by atoms with van der Waals surface area (Å²) in [5.74, 6) is -0.173. The second-order valence-corrected chi connectivity index (χ2v) is 8.81. The van der Waals surface area contributed by atoms with Crippen LogP contribution in [-0.4, -0.2) is 84.8 Å². The molecule has 3 fully saturated rings. The average molecular weight is 433 g/mol. The van der Waals surface area contributed by atoms with Crippen LogP contribution in [0.1, 0.15) is 25.7 Å². The number of anilines is 1. The van der Waals surface area contributed by atoms with Crippen LogP contribution < -0.4 is 4.90 Å². The van der Waals surface area contributed by atoms with Crippen molar-refractivity contribution in [2.45, 2.75) is 25.7 Å². The number of halogens is 1. The van der Waals surface area contributed by atoms with E-state index in [1.165, 1.54) is 6.42 Å². The Morgan fingerprint density at radius 2 is 1.63 bits per heavy atom. The van der Waals surface area contributed by atoms with Gasteiger partial charge in [0.2, 0.25) is 17.7 Å². The molecule has 0 aliphatic carbocycles. The fourth-order valence-corrected chi connectivity index (χ4v) is 4.83. The van der Waals surface area contributed by atoms with Gasteiger partial charge in [0.05, 0.1) is 23.2 Å². The Kier molecular flexibility index (Phi) is 6.58. The molecular weight excluding hydrogens is 404 g/mol. The molecule has 0 bridgehead atoms. The maximum atomic E-state index is 13.0. The van der Waals surface area contributed by atoms with Gasteiger partial charge in [-0.1, -0.05) is 23.7 Å². The molecule has 1 unspecified atom stereocenters. The summed E-state index contributed by atoms with van der Waals surface area (Å²) in [6.45, 7) is 5.13. The quantitative estimate of drug-likeness (QED) is 0.728. The van der Waals surface area contributed by atoms with Crippen molar-refractivity contribution in [2.75, 3.05) is 57.3 Å². The number of piperazine rings is 1. The topological polar surface area (TPSA) is 64.2 Å². The Bertz CT molecular complexity index is 803. The molecule has 1 atom stereocenters. The Morgan fingerprint density at radius 3 is 2.33 bits per heavy atom. The van der Waals surface area contributed by atoms with E-state index in [0.717, 1.165) is 25.9 Å². The van der Waals surface area contributed by atoms with Gasteiger partial charge in [0.15, 0.2) is 0 Å². The van der Waals surface area contributed by atoms with Crippen LogP contribution in [0.5, 0.6) is 0 Å². The van der Waals surface area contributed by atoms with Crippen LogP contribution in [0.4, 0.5) is 5.69 Å². The number of hydrogen-bond donors (Lipinski definition) is 0. The van der Waals surface area contributed by atoms with Gasteiger partial charge in [-0.25, -0.2) is 0 Å². The first-order chi connectivity index (χ1) is 14.5. The Hall–Kier alpha value is -2.12. The van der Waals surface area contributed by atoms with E-state index in [0.29, 0.717) is 50.0 Å². The van der Waals surface area contributed by atoms with Crippen LogP contribution in [0.15, 0.2) is 24.3 Å². The third-order valence-electron chi connectivity index (χ3n) is 6.37. The van der Waals surface area contributed by atoms with Crippen LogP contribution in [0.25, 0.3) is 0 Å². The number of amides is 3. The van der Waals surface area contributed by atoms with Gasteiger partial charge < -0.3 is 14.7 Å². The van der Waals surface area contributed by atoms with E-state index < -0.39 is 0 Å². The molecule has 3 heterocycles. The highest BCUT2D eigenvalue weighted by Crippen LogP contribution is 2.31. The fourth-order valence-electron chi connectivity index (χ4n) is 4.60. The molecule has 4 rings (SSSR count). The number of hydrogen-bond acceptors (Lipinski definition) is 4. The summed E-state index contributed by atoms with van der Waals surface area (Å²) >= 11 is 6.23. The lowest BCUT2D eigenvalue weighted by molar-refractivity contribution is -0.138. The molecule has 30 heavy (non-hydrogen) atoms. The minimum atomic E-state index is -0.338. The molecule has 3 saturated heterocycles. The molecule has 3 aliphatic rings. The summed E-state index contributed by atoms with van der Waals surface area (Å²) < 4.78 is 0. The number of para-hydroxylation sites is 1. The van der Waals surface area contributed by atoms with Crippen molar-refractivity contribution in [1.82, 2.24) is 14.7 Å². The standard InChI is InChI=1S/C22H29ClN4O3/c23-18-6-2-3-7-19(18)27-15-17(14-20(27)28)22(30)26-12-10-24(11-13-26)16-21(29)25-8-4-1-5-9-25/h2-3,6-7,17H,1,4-5,8-16H2. The SMILES string of the molecule is O=C(CN1CCN(C(=O)C2CC(=O)N(c3ccccc3Cl)C2)CC1)N1CCCCC1. The molecule has 1 aromatic rings. The molecule has 0 N–H and O–H groups in total. The first-order valence-electron chi connectivity index (χ1n) is 10.9. The van der Waals surface area contributed by atoms with E-state index >= 15 is 0 Å². The van der Waals surface area contributed by atoms with Gasteiger partial charge in [-0.15, -0.1) is 0 Å². The van der Waals surface area contributed by atoms with Gasteiger partial charge in [0, 0.05) is 52.2 Å². The van der Waals surface area contributed by atoms with Crippen molar-refractivity contribution < 1.29 is 14.4 Å². The number of nitrogens with zero attached hydrogens (tertiary/aromatic N) is 4. The van der Waals surface area contributed by atoms with Crippen molar-refractivity contribution in [1.29, 1.82) is 0 Å². The van der Waals surface area contributed by atoms with E-state index in [4.69, 9.17) is 11.6 Å². The van der Waals surface area contributed by atoms with E-state index in [2.05, 4.69) is 4.90 Å². The zero-order valence-electron chi connectivity index (χ0n) is 17.3. The predicted octanol–water partition coefficient (Wildman–Crippen LogP) is 1.85. The van der Waals surface area contributed by atoms with Crippen LogP contribution in [0.3, 0.4) is 0 Å². The molecule has 3 amide bonds. The van der Waals surface area contributed by atoms with Crippen LogP contribution in [-0.2, 0) is 14.4 Å². The Labute approximate surface area is 182 Å². The van der Waals surface area contributed by atoms with Gasteiger partial charge in [-0.3, -0.25) is 19.3 Å². The summed E-state index contributed by atoms with van der Waals surface area (Å²) in [5, 5.41) is 0.519. The third kappa shape index (κ3) is 4.62. The van der Waals surface area contributed by atoms with Gasteiger partial charge in [0.1, 0.15) is 0 Å². The fraction of sp³-hybridized carbons (Fsp3) is 0.591.